The molecular formula is C14H21N3O. The van der Waals surface area contributed by atoms with Crippen molar-refractivity contribution >= 4 is 5.82 Å². The Hall–Kier alpha value is -1.58. The summed E-state index contributed by atoms with van der Waals surface area (Å²) in [7, 11) is 0. The summed E-state index contributed by atoms with van der Waals surface area (Å²) < 4.78 is 5.47. The summed E-state index contributed by atoms with van der Waals surface area (Å²) >= 11 is 0. The SMILES string of the molecule is CCCOc1cc(NCCC2=CCCC2)ncn1. The van der Waals surface area contributed by atoms with Crippen LogP contribution in [0.15, 0.2) is 24.0 Å². The molecule has 0 spiro atoms. The van der Waals surface area contributed by atoms with Gasteiger partial charge >= 0.3 is 0 Å². The van der Waals surface area contributed by atoms with E-state index in [1.54, 1.807) is 11.9 Å². The van der Waals surface area contributed by atoms with Gasteiger partial charge in [0, 0.05) is 12.6 Å². The van der Waals surface area contributed by atoms with Gasteiger partial charge in [0.25, 0.3) is 0 Å². The molecule has 1 aromatic heterocycles. The van der Waals surface area contributed by atoms with Crippen LogP contribution >= 0.6 is 0 Å². The molecule has 0 aliphatic heterocycles. The Morgan fingerprint density at radius 2 is 2.33 bits per heavy atom. The molecule has 0 saturated carbocycles. The topological polar surface area (TPSA) is 47.0 Å². The van der Waals surface area contributed by atoms with Crippen LogP contribution in [0.2, 0.25) is 0 Å². The van der Waals surface area contributed by atoms with Crippen molar-refractivity contribution in [3.8, 4) is 5.88 Å². The molecule has 18 heavy (non-hydrogen) atoms. The average Bonchev–Trinajstić information content (AvgIpc) is 2.90. The van der Waals surface area contributed by atoms with Crippen molar-refractivity contribution in [2.45, 2.75) is 39.0 Å². The number of nitrogens with one attached hydrogen (secondary N) is 1. The minimum atomic E-state index is 0.648. The van der Waals surface area contributed by atoms with Crippen LogP contribution in [0.1, 0.15) is 39.0 Å². The number of nitrogens with zero attached hydrogens (tertiary/aromatic N) is 2. The standard InChI is InChI=1S/C14H21N3O/c1-2-9-18-14-10-13(16-11-17-14)15-8-7-12-5-3-4-6-12/h5,10-11H,2-4,6-9H2,1H3,(H,15,16,17). The summed E-state index contributed by atoms with van der Waals surface area (Å²) in [4.78, 5) is 8.27. The van der Waals surface area contributed by atoms with Gasteiger partial charge in [-0.1, -0.05) is 18.6 Å². The Labute approximate surface area is 108 Å². The average molecular weight is 247 g/mol. The van der Waals surface area contributed by atoms with Crippen molar-refractivity contribution in [3.63, 3.8) is 0 Å². The fraction of sp³-hybridized carbons (Fsp3) is 0.571. The van der Waals surface area contributed by atoms with Gasteiger partial charge in [0.2, 0.25) is 5.88 Å². The first-order chi connectivity index (χ1) is 8.88. The van der Waals surface area contributed by atoms with Gasteiger partial charge in [-0.25, -0.2) is 9.97 Å². The molecule has 1 aromatic rings. The van der Waals surface area contributed by atoms with E-state index in [9.17, 15) is 0 Å². The molecule has 0 radical (unpaired) electrons. The maximum atomic E-state index is 5.47. The molecule has 98 valence electrons. The second kappa shape index (κ2) is 6.99. The molecule has 0 fully saturated rings. The van der Waals surface area contributed by atoms with Gasteiger partial charge in [-0.15, -0.1) is 0 Å². The lowest BCUT2D eigenvalue weighted by Crippen LogP contribution is -2.05. The fourth-order valence-corrected chi connectivity index (χ4v) is 2.04. The van der Waals surface area contributed by atoms with Crippen LogP contribution in [0.4, 0.5) is 5.82 Å². The second-order valence-electron chi connectivity index (χ2n) is 4.52. The van der Waals surface area contributed by atoms with Crippen LogP contribution in [-0.2, 0) is 0 Å². The molecule has 1 aliphatic rings. The number of anilines is 1. The summed E-state index contributed by atoms with van der Waals surface area (Å²) in [5.74, 6) is 1.49. The Balaban J connectivity index is 1.77. The van der Waals surface area contributed by atoms with E-state index in [1.807, 2.05) is 6.07 Å². The molecule has 0 aromatic carbocycles. The van der Waals surface area contributed by atoms with E-state index in [0.29, 0.717) is 12.5 Å². The van der Waals surface area contributed by atoms with Crippen LogP contribution in [0.25, 0.3) is 0 Å². The van der Waals surface area contributed by atoms with E-state index in [1.165, 1.54) is 19.3 Å². The molecule has 1 N–H and O–H groups in total. The number of hydrogen-bond acceptors (Lipinski definition) is 4. The van der Waals surface area contributed by atoms with E-state index >= 15 is 0 Å². The molecule has 4 nitrogen and oxygen atoms in total. The van der Waals surface area contributed by atoms with Crippen molar-refractivity contribution < 1.29 is 4.74 Å². The zero-order valence-electron chi connectivity index (χ0n) is 11.0. The van der Waals surface area contributed by atoms with E-state index in [-0.39, 0.29) is 0 Å². The van der Waals surface area contributed by atoms with Gasteiger partial charge in [0.15, 0.2) is 0 Å². The summed E-state index contributed by atoms with van der Waals surface area (Å²) in [6.45, 7) is 3.70. The van der Waals surface area contributed by atoms with Gasteiger partial charge < -0.3 is 10.1 Å². The van der Waals surface area contributed by atoms with Crippen molar-refractivity contribution in [2.24, 2.45) is 0 Å². The summed E-state index contributed by atoms with van der Waals surface area (Å²) in [5.41, 5.74) is 1.57. The lowest BCUT2D eigenvalue weighted by atomic mass is 10.2. The predicted molar refractivity (Wildman–Crippen MR) is 72.9 cm³/mol. The summed E-state index contributed by atoms with van der Waals surface area (Å²) in [5, 5.41) is 3.32. The molecule has 2 rings (SSSR count). The second-order valence-corrected chi connectivity index (χ2v) is 4.52. The van der Waals surface area contributed by atoms with Gasteiger partial charge in [-0.05, 0) is 32.1 Å². The minimum Gasteiger partial charge on any atom is -0.478 e. The molecule has 1 aliphatic carbocycles. The highest BCUT2D eigenvalue weighted by molar-refractivity contribution is 5.37. The van der Waals surface area contributed by atoms with Gasteiger partial charge in [-0.3, -0.25) is 0 Å². The summed E-state index contributed by atoms with van der Waals surface area (Å²) in [6.07, 6.45) is 9.82. The van der Waals surface area contributed by atoms with Crippen LogP contribution in [0.5, 0.6) is 5.88 Å². The van der Waals surface area contributed by atoms with E-state index in [0.717, 1.165) is 25.2 Å². The number of ether oxygens (including phenoxy) is 1. The first-order valence-corrected chi connectivity index (χ1v) is 6.75. The van der Waals surface area contributed by atoms with Crippen LogP contribution in [0.3, 0.4) is 0 Å². The Kier molecular flexibility index (Phi) is 5.00. The number of allylic oxidation sites excluding steroid dienone is 1. The number of aromatic nitrogens is 2. The Morgan fingerprint density at radius 3 is 3.11 bits per heavy atom. The van der Waals surface area contributed by atoms with Crippen LogP contribution < -0.4 is 10.1 Å². The first kappa shape index (κ1) is 12.9. The molecular weight excluding hydrogens is 226 g/mol. The molecule has 1 heterocycles. The molecule has 0 unspecified atom stereocenters. The molecule has 0 atom stereocenters. The molecule has 4 heteroatoms. The third-order valence-electron chi connectivity index (χ3n) is 2.98. The highest BCUT2D eigenvalue weighted by atomic mass is 16.5. The normalized spacial score (nSPS) is 14.4. The van der Waals surface area contributed by atoms with E-state index < -0.39 is 0 Å². The smallest absolute Gasteiger partial charge is 0.218 e. The molecule has 0 saturated heterocycles. The quantitative estimate of drug-likeness (QED) is 0.752. The van der Waals surface area contributed by atoms with Gasteiger partial charge in [-0.2, -0.15) is 0 Å². The maximum Gasteiger partial charge on any atom is 0.218 e. The highest BCUT2D eigenvalue weighted by Crippen LogP contribution is 2.20. The highest BCUT2D eigenvalue weighted by Gasteiger charge is 2.04. The molecule has 0 amide bonds. The summed E-state index contributed by atoms with van der Waals surface area (Å²) in [6, 6.07) is 1.86. The lowest BCUT2D eigenvalue weighted by Gasteiger charge is -2.08. The van der Waals surface area contributed by atoms with E-state index in [2.05, 4.69) is 28.3 Å². The third-order valence-corrected chi connectivity index (χ3v) is 2.98. The maximum absolute atomic E-state index is 5.47. The van der Waals surface area contributed by atoms with Gasteiger partial charge in [0.05, 0.1) is 6.61 Å². The van der Waals surface area contributed by atoms with Crippen molar-refractivity contribution in [1.29, 1.82) is 0 Å². The van der Waals surface area contributed by atoms with Crippen molar-refractivity contribution in [2.75, 3.05) is 18.5 Å². The largest absolute Gasteiger partial charge is 0.478 e. The zero-order chi connectivity index (χ0) is 12.6. The first-order valence-electron chi connectivity index (χ1n) is 6.75. The molecule has 0 bridgehead atoms. The number of hydrogen-bond donors (Lipinski definition) is 1. The van der Waals surface area contributed by atoms with Crippen LogP contribution in [0, 0.1) is 0 Å². The zero-order valence-corrected chi connectivity index (χ0v) is 11.0. The van der Waals surface area contributed by atoms with Crippen molar-refractivity contribution in [1.82, 2.24) is 9.97 Å². The monoisotopic (exact) mass is 247 g/mol. The van der Waals surface area contributed by atoms with E-state index in [4.69, 9.17) is 4.74 Å². The Morgan fingerprint density at radius 1 is 1.39 bits per heavy atom. The van der Waals surface area contributed by atoms with Crippen molar-refractivity contribution in [3.05, 3.63) is 24.0 Å². The predicted octanol–water partition coefficient (Wildman–Crippen LogP) is 3.18. The third kappa shape index (κ3) is 4.02. The lowest BCUT2D eigenvalue weighted by molar-refractivity contribution is 0.305. The Bertz CT molecular complexity index is 404. The fourth-order valence-electron chi connectivity index (χ4n) is 2.04. The number of rotatable bonds is 7. The van der Waals surface area contributed by atoms with Crippen LogP contribution in [-0.4, -0.2) is 23.1 Å². The minimum absolute atomic E-state index is 0.648. The van der Waals surface area contributed by atoms with Gasteiger partial charge in [0.1, 0.15) is 12.1 Å².